The van der Waals surface area contributed by atoms with Crippen LogP contribution in [0.2, 0.25) is 0 Å². The number of methoxy groups -OCH3 is 1. The highest BCUT2D eigenvalue weighted by molar-refractivity contribution is 5.37. The summed E-state index contributed by atoms with van der Waals surface area (Å²) in [7, 11) is 3.23. The molecule has 0 fully saturated rings. The molecule has 1 aromatic carbocycles. The van der Waals surface area contributed by atoms with E-state index >= 15 is 0 Å². The van der Waals surface area contributed by atoms with Crippen molar-refractivity contribution in [1.82, 2.24) is 5.32 Å². The highest BCUT2D eigenvalue weighted by Gasteiger charge is 2.19. The predicted molar refractivity (Wildman–Crippen MR) is 56.4 cm³/mol. The number of rotatable bonds is 4. The van der Waals surface area contributed by atoms with Crippen LogP contribution in [-0.2, 0) is 0 Å². The third-order valence-corrected chi connectivity index (χ3v) is 2.32. The molecule has 3 nitrogen and oxygen atoms in total. The van der Waals surface area contributed by atoms with Crippen molar-refractivity contribution in [3.8, 4) is 5.75 Å². The Hall–Kier alpha value is -1.13. The molecule has 15 heavy (non-hydrogen) atoms. The summed E-state index contributed by atoms with van der Waals surface area (Å²) in [4.78, 5) is 0. The number of halogens is 1. The summed E-state index contributed by atoms with van der Waals surface area (Å²) in [6.45, 7) is 1.64. The van der Waals surface area contributed by atoms with Gasteiger partial charge in [0.15, 0.2) is 0 Å². The maximum atomic E-state index is 13.1. The van der Waals surface area contributed by atoms with Crippen LogP contribution in [0.15, 0.2) is 18.2 Å². The highest BCUT2D eigenvalue weighted by atomic mass is 19.1. The van der Waals surface area contributed by atoms with Crippen LogP contribution in [0.5, 0.6) is 5.75 Å². The van der Waals surface area contributed by atoms with Crippen molar-refractivity contribution in [2.24, 2.45) is 0 Å². The van der Waals surface area contributed by atoms with E-state index in [1.54, 1.807) is 20.0 Å². The lowest BCUT2D eigenvalue weighted by Gasteiger charge is -2.21. The maximum absolute atomic E-state index is 13.1. The molecule has 2 N–H and O–H groups in total. The average molecular weight is 213 g/mol. The lowest BCUT2D eigenvalue weighted by molar-refractivity contribution is 0.148. The fourth-order valence-corrected chi connectivity index (χ4v) is 1.60. The smallest absolute Gasteiger partial charge is 0.123 e. The Morgan fingerprint density at radius 3 is 2.60 bits per heavy atom. The van der Waals surface area contributed by atoms with Gasteiger partial charge in [0.2, 0.25) is 0 Å². The van der Waals surface area contributed by atoms with E-state index in [0.717, 1.165) is 0 Å². The van der Waals surface area contributed by atoms with E-state index < -0.39 is 6.10 Å². The lowest BCUT2D eigenvalue weighted by Crippen LogP contribution is -2.27. The molecule has 1 aromatic rings. The van der Waals surface area contributed by atoms with Gasteiger partial charge >= 0.3 is 0 Å². The van der Waals surface area contributed by atoms with Gasteiger partial charge in [-0.15, -0.1) is 0 Å². The molecule has 0 aromatic heterocycles. The van der Waals surface area contributed by atoms with Gasteiger partial charge < -0.3 is 15.2 Å². The van der Waals surface area contributed by atoms with Crippen molar-refractivity contribution in [3.05, 3.63) is 29.6 Å². The van der Waals surface area contributed by atoms with E-state index in [2.05, 4.69) is 5.32 Å². The van der Waals surface area contributed by atoms with Crippen molar-refractivity contribution in [2.45, 2.75) is 19.1 Å². The van der Waals surface area contributed by atoms with Gasteiger partial charge in [-0.2, -0.15) is 0 Å². The first-order valence-electron chi connectivity index (χ1n) is 4.79. The van der Waals surface area contributed by atoms with Gasteiger partial charge in [0.1, 0.15) is 11.6 Å². The molecule has 0 aliphatic rings. The number of likely N-dealkylation sites (N-methyl/N-ethyl adjacent to an activating group) is 1. The average Bonchev–Trinajstić information content (AvgIpc) is 2.18. The van der Waals surface area contributed by atoms with Crippen LogP contribution in [0.4, 0.5) is 4.39 Å². The van der Waals surface area contributed by atoms with Gasteiger partial charge in [-0.25, -0.2) is 4.39 Å². The fourth-order valence-electron chi connectivity index (χ4n) is 1.60. The summed E-state index contributed by atoms with van der Waals surface area (Å²) < 4.78 is 18.2. The first-order valence-corrected chi connectivity index (χ1v) is 4.79. The molecule has 0 radical (unpaired) electrons. The Morgan fingerprint density at radius 2 is 2.13 bits per heavy atom. The number of benzene rings is 1. The van der Waals surface area contributed by atoms with Crippen LogP contribution in [0, 0.1) is 5.82 Å². The molecule has 0 bridgehead atoms. The fraction of sp³-hybridized carbons (Fsp3) is 0.455. The van der Waals surface area contributed by atoms with Crippen LogP contribution < -0.4 is 10.1 Å². The summed E-state index contributed by atoms with van der Waals surface area (Å²) in [5.74, 6) is 0.225. The van der Waals surface area contributed by atoms with Crippen molar-refractivity contribution >= 4 is 0 Å². The monoisotopic (exact) mass is 213 g/mol. The van der Waals surface area contributed by atoms with Crippen LogP contribution in [0.25, 0.3) is 0 Å². The number of hydrogen-bond acceptors (Lipinski definition) is 3. The largest absolute Gasteiger partial charge is 0.496 e. The minimum atomic E-state index is -0.620. The maximum Gasteiger partial charge on any atom is 0.123 e. The van der Waals surface area contributed by atoms with Gasteiger partial charge in [0, 0.05) is 5.56 Å². The molecule has 0 amide bonds. The zero-order chi connectivity index (χ0) is 11.4. The molecule has 0 saturated carbocycles. The number of aliphatic hydroxyl groups excluding tert-OH is 1. The molecule has 2 unspecified atom stereocenters. The van der Waals surface area contributed by atoms with Crippen LogP contribution in [0.1, 0.15) is 18.5 Å². The van der Waals surface area contributed by atoms with E-state index in [0.29, 0.717) is 11.3 Å². The first kappa shape index (κ1) is 11.9. The third-order valence-electron chi connectivity index (χ3n) is 2.32. The molecule has 0 aliphatic carbocycles. The first-order chi connectivity index (χ1) is 7.10. The molecule has 4 heteroatoms. The number of ether oxygens (including phenoxy) is 1. The molecule has 84 valence electrons. The summed E-state index contributed by atoms with van der Waals surface area (Å²) >= 11 is 0. The van der Waals surface area contributed by atoms with Crippen LogP contribution >= 0.6 is 0 Å². The summed E-state index contributed by atoms with van der Waals surface area (Å²) in [6, 6.07) is 3.91. The Morgan fingerprint density at radius 1 is 1.47 bits per heavy atom. The minimum absolute atomic E-state index is 0.337. The van der Waals surface area contributed by atoms with E-state index in [4.69, 9.17) is 4.74 Å². The number of hydrogen-bond donors (Lipinski definition) is 2. The van der Waals surface area contributed by atoms with Crippen molar-refractivity contribution in [1.29, 1.82) is 0 Å². The van der Waals surface area contributed by atoms with E-state index in [-0.39, 0.29) is 11.9 Å². The third kappa shape index (κ3) is 2.67. The molecule has 2 atom stereocenters. The molecular formula is C11H16FNO2. The molecule has 0 spiro atoms. The summed E-state index contributed by atoms with van der Waals surface area (Å²) in [6.07, 6.45) is -0.620. The van der Waals surface area contributed by atoms with Crippen molar-refractivity contribution in [3.63, 3.8) is 0 Å². The highest BCUT2D eigenvalue weighted by Crippen LogP contribution is 2.27. The van der Waals surface area contributed by atoms with Gasteiger partial charge in [0.25, 0.3) is 0 Å². The molecule has 1 rings (SSSR count). The normalized spacial score (nSPS) is 14.7. The van der Waals surface area contributed by atoms with Crippen molar-refractivity contribution < 1.29 is 14.2 Å². The zero-order valence-electron chi connectivity index (χ0n) is 9.12. The number of nitrogens with one attached hydrogen (secondary N) is 1. The Bertz CT molecular complexity index is 328. The van der Waals surface area contributed by atoms with Gasteiger partial charge in [-0.3, -0.25) is 0 Å². The SMILES string of the molecule is CNC(c1cc(F)ccc1OC)C(C)O. The van der Waals surface area contributed by atoms with Crippen LogP contribution in [0.3, 0.4) is 0 Å². The molecule has 0 aliphatic heterocycles. The molecule has 0 heterocycles. The minimum Gasteiger partial charge on any atom is -0.496 e. The standard InChI is InChI=1S/C11H16FNO2/c1-7(14)11(13-2)9-6-8(12)4-5-10(9)15-3/h4-7,11,13-14H,1-3H3. The summed E-state index contributed by atoms with van der Waals surface area (Å²) in [5, 5.41) is 12.5. The Kier molecular flexibility index (Phi) is 4.05. The molecule has 0 saturated heterocycles. The second-order valence-electron chi connectivity index (χ2n) is 3.39. The molecular weight excluding hydrogens is 197 g/mol. The van der Waals surface area contributed by atoms with Gasteiger partial charge in [-0.1, -0.05) is 0 Å². The van der Waals surface area contributed by atoms with Gasteiger partial charge in [-0.05, 0) is 32.2 Å². The summed E-state index contributed by atoms with van der Waals surface area (Å²) in [5.41, 5.74) is 0.620. The lowest BCUT2D eigenvalue weighted by atomic mass is 10.0. The van der Waals surface area contributed by atoms with E-state index in [1.165, 1.54) is 19.2 Å². The quantitative estimate of drug-likeness (QED) is 0.796. The van der Waals surface area contributed by atoms with Crippen LogP contribution in [-0.4, -0.2) is 25.4 Å². The second-order valence-corrected chi connectivity index (χ2v) is 3.39. The van der Waals surface area contributed by atoms with E-state index in [9.17, 15) is 9.50 Å². The predicted octanol–water partition coefficient (Wildman–Crippen LogP) is 1.48. The number of aliphatic hydroxyl groups is 1. The van der Waals surface area contributed by atoms with E-state index in [1.807, 2.05) is 0 Å². The van der Waals surface area contributed by atoms with Gasteiger partial charge in [0.05, 0.1) is 19.3 Å². The Balaban J connectivity index is 3.13. The van der Waals surface area contributed by atoms with Crippen molar-refractivity contribution in [2.75, 3.05) is 14.2 Å². The second kappa shape index (κ2) is 5.09. The Labute approximate surface area is 88.9 Å². The zero-order valence-corrected chi connectivity index (χ0v) is 9.12. The topological polar surface area (TPSA) is 41.5 Å².